The van der Waals surface area contributed by atoms with E-state index in [0.717, 1.165) is 0 Å². The van der Waals surface area contributed by atoms with Crippen LogP contribution >= 0.6 is 0 Å². The molecule has 126 valence electrons. The van der Waals surface area contributed by atoms with Gasteiger partial charge in [-0.1, -0.05) is 18.2 Å². The highest BCUT2D eigenvalue weighted by molar-refractivity contribution is 6.09. The molecule has 0 aliphatic rings. The van der Waals surface area contributed by atoms with Gasteiger partial charge in [-0.2, -0.15) is 5.26 Å². The number of nitrogens with zero attached hydrogens (tertiary/aromatic N) is 1. The lowest BCUT2D eigenvalue weighted by Gasteiger charge is -2.06. The highest BCUT2D eigenvalue weighted by Gasteiger charge is 2.10. The van der Waals surface area contributed by atoms with Gasteiger partial charge in [-0.05, 0) is 35.9 Å². The average molecular weight is 335 g/mol. The fraction of sp³-hybridized carbons (Fsp3) is 0.105. The molecule has 2 aromatic rings. The minimum Gasteiger partial charge on any atom is -0.497 e. The number of amides is 2. The summed E-state index contributed by atoms with van der Waals surface area (Å²) in [5.74, 6) is -0.122. The Hall–Kier alpha value is -3.59. The molecule has 0 aliphatic carbocycles. The number of carbonyl (C=O) groups excluding carboxylic acids is 2. The van der Waals surface area contributed by atoms with Crippen LogP contribution in [-0.2, 0) is 4.79 Å². The summed E-state index contributed by atoms with van der Waals surface area (Å²) in [6.45, 7) is 0. The van der Waals surface area contributed by atoms with Gasteiger partial charge in [0.1, 0.15) is 17.4 Å². The van der Waals surface area contributed by atoms with Gasteiger partial charge < -0.3 is 15.4 Å². The van der Waals surface area contributed by atoms with Crippen molar-refractivity contribution in [2.24, 2.45) is 0 Å². The Labute approximate surface area is 145 Å². The molecule has 0 saturated heterocycles. The second kappa shape index (κ2) is 8.31. The van der Waals surface area contributed by atoms with Crippen LogP contribution in [0, 0.1) is 11.3 Å². The molecule has 2 rings (SSSR count). The van der Waals surface area contributed by atoms with Crippen molar-refractivity contribution in [3.05, 3.63) is 65.2 Å². The Kier molecular flexibility index (Phi) is 5.91. The van der Waals surface area contributed by atoms with E-state index in [4.69, 9.17) is 4.74 Å². The van der Waals surface area contributed by atoms with E-state index in [1.165, 1.54) is 13.2 Å². The van der Waals surface area contributed by atoms with Gasteiger partial charge >= 0.3 is 0 Å². The summed E-state index contributed by atoms with van der Waals surface area (Å²) in [4.78, 5) is 23.8. The monoisotopic (exact) mass is 335 g/mol. The first-order valence-electron chi connectivity index (χ1n) is 7.46. The Balaban J connectivity index is 2.17. The molecule has 25 heavy (non-hydrogen) atoms. The van der Waals surface area contributed by atoms with Gasteiger partial charge in [0.2, 0.25) is 0 Å². The average Bonchev–Trinajstić information content (AvgIpc) is 2.65. The molecule has 0 radical (unpaired) electrons. The molecule has 0 saturated carbocycles. The van der Waals surface area contributed by atoms with E-state index >= 15 is 0 Å². The van der Waals surface area contributed by atoms with E-state index in [-0.39, 0.29) is 11.5 Å². The van der Waals surface area contributed by atoms with Crippen molar-refractivity contribution in [1.29, 1.82) is 5.26 Å². The van der Waals surface area contributed by atoms with Crippen molar-refractivity contribution in [3.8, 4) is 11.8 Å². The van der Waals surface area contributed by atoms with Crippen molar-refractivity contribution in [3.63, 3.8) is 0 Å². The molecular formula is C19H17N3O3. The van der Waals surface area contributed by atoms with E-state index in [0.29, 0.717) is 22.6 Å². The normalized spacial score (nSPS) is 10.5. The van der Waals surface area contributed by atoms with Crippen LogP contribution in [0.3, 0.4) is 0 Å². The third kappa shape index (κ3) is 4.69. The van der Waals surface area contributed by atoms with Gasteiger partial charge in [-0.3, -0.25) is 9.59 Å². The fourth-order valence-corrected chi connectivity index (χ4v) is 2.09. The van der Waals surface area contributed by atoms with Crippen LogP contribution in [0.5, 0.6) is 5.75 Å². The molecule has 0 unspecified atom stereocenters. The lowest BCUT2D eigenvalue weighted by molar-refractivity contribution is -0.112. The Bertz CT molecular complexity index is 849. The number of nitrogens with one attached hydrogen (secondary N) is 2. The number of ether oxygens (including phenoxy) is 1. The van der Waals surface area contributed by atoms with Crippen molar-refractivity contribution < 1.29 is 14.3 Å². The summed E-state index contributed by atoms with van der Waals surface area (Å²) in [6.07, 6.45) is 1.46. The summed E-state index contributed by atoms with van der Waals surface area (Å²) in [5, 5.41) is 14.4. The Morgan fingerprint density at radius 1 is 1.16 bits per heavy atom. The smallest absolute Gasteiger partial charge is 0.266 e. The van der Waals surface area contributed by atoms with E-state index < -0.39 is 5.91 Å². The fourth-order valence-electron chi connectivity index (χ4n) is 2.09. The summed E-state index contributed by atoms with van der Waals surface area (Å²) >= 11 is 0. The summed E-state index contributed by atoms with van der Waals surface area (Å²) in [6, 6.07) is 15.3. The van der Waals surface area contributed by atoms with Gasteiger partial charge in [0.25, 0.3) is 11.8 Å². The number of carbonyl (C=O) groups is 2. The van der Waals surface area contributed by atoms with Crippen LogP contribution in [0.4, 0.5) is 5.69 Å². The maximum absolute atomic E-state index is 12.3. The molecule has 0 aliphatic heterocycles. The quantitative estimate of drug-likeness (QED) is 0.649. The summed E-state index contributed by atoms with van der Waals surface area (Å²) < 4.78 is 5.10. The zero-order valence-corrected chi connectivity index (χ0v) is 13.9. The van der Waals surface area contributed by atoms with Gasteiger partial charge in [0.05, 0.1) is 7.11 Å². The van der Waals surface area contributed by atoms with E-state index in [9.17, 15) is 14.9 Å². The van der Waals surface area contributed by atoms with Crippen molar-refractivity contribution in [1.82, 2.24) is 5.32 Å². The lowest BCUT2D eigenvalue weighted by Crippen LogP contribution is -2.17. The first-order chi connectivity index (χ1) is 12.1. The molecule has 2 N–H and O–H groups in total. The Morgan fingerprint density at radius 3 is 2.48 bits per heavy atom. The molecule has 0 spiro atoms. The summed E-state index contributed by atoms with van der Waals surface area (Å²) in [5.41, 5.74) is 1.62. The van der Waals surface area contributed by atoms with Crippen LogP contribution in [0.15, 0.2) is 54.1 Å². The van der Waals surface area contributed by atoms with Gasteiger partial charge in [0, 0.05) is 24.4 Å². The molecule has 6 heteroatoms. The van der Waals surface area contributed by atoms with Crippen molar-refractivity contribution >= 4 is 23.6 Å². The number of hydrogen-bond donors (Lipinski definition) is 2. The van der Waals surface area contributed by atoms with Gasteiger partial charge in [-0.25, -0.2) is 0 Å². The standard InChI is InChI=1S/C19H17N3O3/c1-21-18(23)14-8-6-13(7-9-14)10-15(12-20)19(24)22-16-4-3-5-17(11-16)25-2/h3-11H,1-2H3,(H,21,23)(H,22,24)/b15-10+. The zero-order valence-electron chi connectivity index (χ0n) is 13.9. The first-order valence-corrected chi connectivity index (χ1v) is 7.46. The lowest BCUT2D eigenvalue weighted by atomic mass is 10.1. The molecule has 0 atom stereocenters. The van der Waals surface area contributed by atoms with Gasteiger partial charge in [0.15, 0.2) is 0 Å². The van der Waals surface area contributed by atoms with Crippen LogP contribution in [0.25, 0.3) is 6.08 Å². The maximum atomic E-state index is 12.3. The van der Waals surface area contributed by atoms with E-state index in [2.05, 4.69) is 10.6 Å². The molecule has 2 aromatic carbocycles. The molecule has 0 heterocycles. The second-order valence-electron chi connectivity index (χ2n) is 5.06. The molecule has 0 aromatic heterocycles. The second-order valence-corrected chi connectivity index (χ2v) is 5.06. The molecular weight excluding hydrogens is 318 g/mol. The number of nitriles is 1. The van der Waals surface area contributed by atoms with Gasteiger partial charge in [-0.15, -0.1) is 0 Å². The largest absolute Gasteiger partial charge is 0.497 e. The third-order valence-corrected chi connectivity index (χ3v) is 3.40. The minimum atomic E-state index is -0.522. The minimum absolute atomic E-state index is 0.0458. The number of hydrogen-bond acceptors (Lipinski definition) is 4. The molecule has 0 fully saturated rings. The van der Waals surface area contributed by atoms with Crippen LogP contribution in [-0.4, -0.2) is 26.0 Å². The number of rotatable bonds is 5. The zero-order chi connectivity index (χ0) is 18.2. The molecule has 0 bridgehead atoms. The van der Waals surface area contributed by atoms with E-state index in [1.54, 1.807) is 55.6 Å². The first kappa shape index (κ1) is 17.8. The predicted molar refractivity (Wildman–Crippen MR) is 95.0 cm³/mol. The van der Waals surface area contributed by atoms with Crippen molar-refractivity contribution in [2.45, 2.75) is 0 Å². The predicted octanol–water partition coefficient (Wildman–Crippen LogP) is 2.60. The topological polar surface area (TPSA) is 91.2 Å². The number of methoxy groups -OCH3 is 1. The number of benzene rings is 2. The summed E-state index contributed by atoms with van der Waals surface area (Å²) in [7, 11) is 3.08. The highest BCUT2D eigenvalue weighted by atomic mass is 16.5. The van der Waals surface area contributed by atoms with Crippen LogP contribution in [0.1, 0.15) is 15.9 Å². The number of anilines is 1. The van der Waals surface area contributed by atoms with E-state index in [1.807, 2.05) is 6.07 Å². The third-order valence-electron chi connectivity index (χ3n) is 3.40. The maximum Gasteiger partial charge on any atom is 0.266 e. The Morgan fingerprint density at radius 2 is 1.88 bits per heavy atom. The molecule has 2 amide bonds. The molecule has 6 nitrogen and oxygen atoms in total. The SMILES string of the molecule is CNC(=O)c1ccc(/C=C(\C#N)C(=O)Nc2cccc(OC)c2)cc1. The highest BCUT2D eigenvalue weighted by Crippen LogP contribution is 2.18. The van der Waals surface area contributed by atoms with Crippen LogP contribution < -0.4 is 15.4 Å². The van der Waals surface area contributed by atoms with Crippen molar-refractivity contribution in [2.75, 3.05) is 19.5 Å². The van der Waals surface area contributed by atoms with Crippen LogP contribution in [0.2, 0.25) is 0 Å².